The minimum atomic E-state index is -4.48. The molecule has 0 bridgehead atoms. The number of carbonyl (C=O) groups excluding carboxylic acids is 1. The fourth-order valence-corrected chi connectivity index (χ4v) is 2.76. The van der Waals surface area contributed by atoms with Gasteiger partial charge in [0.1, 0.15) is 6.07 Å². The molecule has 0 atom stereocenters. The van der Waals surface area contributed by atoms with Gasteiger partial charge < -0.3 is 15.0 Å². The lowest BCUT2D eigenvalue weighted by atomic mass is 10.2. The van der Waals surface area contributed by atoms with Crippen LogP contribution in [0, 0.1) is 14.9 Å². The van der Waals surface area contributed by atoms with Crippen LogP contribution in [0.5, 0.6) is 0 Å². The zero-order valence-electron chi connectivity index (χ0n) is 11.6. The van der Waals surface area contributed by atoms with E-state index >= 15 is 0 Å². The number of ether oxygens (including phenoxy) is 1. The van der Waals surface area contributed by atoms with E-state index in [2.05, 4.69) is 4.74 Å². The molecule has 2 N–H and O–H groups in total. The molecule has 0 aliphatic rings. The number of benzene rings is 1. The summed E-state index contributed by atoms with van der Waals surface area (Å²) in [6, 6.07) is 4.86. The zero-order valence-corrected chi connectivity index (χ0v) is 13.8. The molecule has 0 saturated heterocycles. The number of hydrogen-bond donors (Lipinski definition) is 1. The van der Waals surface area contributed by atoms with Gasteiger partial charge in [-0.3, -0.25) is 0 Å². The second-order valence-electron chi connectivity index (χ2n) is 4.44. The fraction of sp³-hybridized carbons (Fsp3) is 0.143. The summed E-state index contributed by atoms with van der Waals surface area (Å²) in [7, 11) is 1.14. The van der Waals surface area contributed by atoms with Crippen molar-refractivity contribution in [3.63, 3.8) is 0 Å². The van der Waals surface area contributed by atoms with Gasteiger partial charge in [0.2, 0.25) is 0 Å². The Hall–Kier alpha value is -2.22. The molecule has 0 fully saturated rings. The largest absolute Gasteiger partial charge is 0.464 e. The molecule has 0 radical (unpaired) electrons. The number of esters is 1. The SMILES string of the molecule is COC(=O)c1c(N)c(C#N)cn1-c1ccc(C(F)(F)F)cc1I. The van der Waals surface area contributed by atoms with E-state index in [0.29, 0.717) is 0 Å². The summed E-state index contributed by atoms with van der Waals surface area (Å²) in [6.45, 7) is 0. The van der Waals surface area contributed by atoms with Crippen LogP contribution in [-0.4, -0.2) is 17.6 Å². The lowest BCUT2D eigenvalue weighted by molar-refractivity contribution is -0.137. The van der Waals surface area contributed by atoms with Gasteiger partial charge in [-0.1, -0.05) is 0 Å². The number of nitrogen functional groups attached to an aromatic ring is 1. The van der Waals surface area contributed by atoms with E-state index in [1.54, 1.807) is 22.6 Å². The highest BCUT2D eigenvalue weighted by molar-refractivity contribution is 14.1. The first-order valence-corrected chi connectivity index (χ1v) is 7.15. The molecule has 0 aliphatic heterocycles. The number of alkyl halides is 3. The minimum absolute atomic E-state index is 0.0288. The lowest BCUT2D eigenvalue weighted by Crippen LogP contribution is -2.12. The number of methoxy groups -OCH3 is 1. The van der Waals surface area contributed by atoms with Gasteiger partial charge in [0, 0.05) is 9.77 Å². The van der Waals surface area contributed by atoms with E-state index in [-0.39, 0.29) is 26.2 Å². The van der Waals surface area contributed by atoms with Gasteiger partial charge in [-0.25, -0.2) is 4.79 Å². The van der Waals surface area contributed by atoms with E-state index in [1.807, 2.05) is 6.07 Å². The monoisotopic (exact) mass is 435 g/mol. The predicted molar refractivity (Wildman–Crippen MR) is 84.0 cm³/mol. The van der Waals surface area contributed by atoms with Gasteiger partial charge in [-0.2, -0.15) is 18.4 Å². The molecule has 23 heavy (non-hydrogen) atoms. The number of halogens is 4. The number of anilines is 1. The van der Waals surface area contributed by atoms with E-state index < -0.39 is 17.7 Å². The summed E-state index contributed by atoms with van der Waals surface area (Å²) >= 11 is 1.72. The van der Waals surface area contributed by atoms with Crippen LogP contribution in [0.4, 0.5) is 18.9 Å². The number of nitrogens with zero attached hydrogens (tertiary/aromatic N) is 2. The van der Waals surface area contributed by atoms with Crippen LogP contribution in [-0.2, 0) is 10.9 Å². The van der Waals surface area contributed by atoms with Crippen molar-refractivity contribution in [2.24, 2.45) is 0 Å². The number of nitriles is 1. The first kappa shape index (κ1) is 17.1. The molecule has 1 aromatic heterocycles. The summed E-state index contributed by atoms with van der Waals surface area (Å²) < 4.78 is 44.3. The van der Waals surface area contributed by atoms with Crippen molar-refractivity contribution in [1.82, 2.24) is 4.57 Å². The van der Waals surface area contributed by atoms with Gasteiger partial charge in [-0.15, -0.1) is 0 Å². The van der Waals surface area contributed by atoms with Crippen LogP contribution in [0.3, 0.4) is 0 Å². The molecular formula is C14H9F3IN3O2. The van der Waals surface area contributed by atoms with Crippen molar-refractivity contribution in [2.75, 3.05) is 12.8 Å². The molecule has 0 amide bonds. The Bertz CT molecular complexity index is 822. The molecule has 9 heteroatoms. The maximum Gasteiger partial charge on any atom is 0.416 e. The topological polar surface area (TPSA) is 81.0 Å². The average Bonchev–Trinajstić information content (AvgIpc) is 2.82. The molecule has 2 aromatic rings. The van der Waals surface area contributed by atoms with Crippen LogP contribution < -0.4 is 5.73 Å². The standard InChI is InChI=1S/C14H9F3IN3O2/c1-23-13(22)12-11(20)7(5-19)6-21(12)10-3-2-8(4-9(10)18)14(15,16)17/h2-4,6H,20H2,1H3. The number of aromatic nitrogens is 1. The van der Waals surface area contributed by atoms with Gasteiger partial charge >= 0.3 is 12.1 Å². The van der Waals surface area contributed by atoms with Crippen molar-refractivity contribution in [2.45, 2.75) is 6.18 Å². The summed E-state index contributed by atoms with van der Waals surface area (Å²) in [5.41, 5.74) is 5.05. The number of carbonyl (C=O) groups is 1. The molecule has 120 valence electrons. The molecule has 2 rings (SSSR count). The Kier molecular flexibility index (Phi) is 4.56. The molecule has 0 aliphatic carbocycles. The van der Waals surface area contributed by atoms with Crippen LogP contribution in [0.2, 0.25) is 0 Å². The first-order chi connectivity index (χ1) is 10.7. The maximum absolute atomic E-state index is 12.7. The Labute approximate surface area is 142 Å². The summed E-state index contributed by atoms with van der Waals surface area (Å²) in [5, 5.41) is 9.03. The van der Waals surface area contributed by atoms with Crippen molar-refractivity contribution in [3.8, 4) is 11.8 Å². The fourth-order valence-electron chi connectivity index (χ4n) is 1.98. The van der Waals surface area contributed by atoms with Crippen LogP contribution >= 0.6 is 22.6 Å². The molecule has 1 heterocycles. The van der Waals surface area contributed by atoms with E-state index in [9.17, 15) is 18.0 Å². The Balaban J connectivity index is 2.68. The van der Waals surface area contributed by atoms with Crippen molar-refractivity contribution in [3.05, 3.63) is 44.8 Å². The second-order valence-corrected chi connectivity index (χ2v) is 5.60. The van der Waals surface area contributed by atoms with Gasteiger partial charge in [0.25, 0.3) is 0 Å². The molecule has 0 unspecified atom stereocenters. The molecule has 0 spiro atoms. The highest BCUT2D eigenvalue weighted by Gasteiger charge is 2.31. The van der Waals surface area contributed by atoms with Crippen LogP contribution in [0.15, 0.2) is 24.4 Å². The molecule has 5 nitrogen and oxygen atoms in total. The number of nitrogens with two attached hydrogens (primary N) is 1. The average molecular weight is 435 g/mol. The summed E-state index contributed by atoms with van der Waals surface area (Å²) in [4.78, 5) is 11.9. The minimum Gasteiger partial charge on any atom is -0.464 e. The third kappa shape index (κ3) is 3.12. The van der Waals surface area contributed by atoms with Crippen molar-refractivity contribution in [1.29, 1.82) is 5.26 Å². The smallest absolute Gasteiger partial charge is 0.416 e. The summed E-state index contributed by atoms with van der Waals surface area (Å²) in [5.74, 6) is -0.792. The molecular weight excluding hydrogens is 426 g/mol. The first-order valence-electron chi connectivity index (χ1n) is 6.07. The number of hydrogen-bond acceptors (Lipinski definition) is 4. The third-order valence-electron chi connectivity index (χ3n) is 3.08. The van der Waals surface area contributed by atoms with Crippen molar-refractivity contribution < 1.29 is 22.7 Å². The van der Waals surface area contributed by atoms with Gasteiger partial charge in [0.15, 0.2) is 5.69 Å². The van der Waals surface area contributed by atoms with Gasteiger partial charge in [-0.05, 0) is 40.8 Å². The third-order valence-corrected chi connectivity index (χ3v) is 3.94. The molecule has 1 aromatic carbocycles. The van der Waals surface area contributed by atoms with E-state index in [1.165, 1.54) is 16.8 Å². The summed E-state index contributed by atoms with van der Waals surface area (Å²) in [6.07, 6.45) is -3.19. The highest BCUT2D eigenvalue weighted by Crippen LogP contribution is 2.33. The van der Waals surface area contributed by atoms with E-state index in [0.717, 1.165) is 19.2 Å². The molecule has 0 saturated carbocycles. The van der Waals surface area contributed by atoms with E-state index in [4.69, 9.17) is 11.0 Å². The quantitative estimate of drug-likeness (QED) is 0.580. The Morgan fingerprint density at radius 3 is 2.57 bits per heavy atom. The maximum atomic E-state index is 12.7. The number of rotatable bonds is 2. The Morgan fingerprint density at radius 1 is 1.43 bits per heavy atom. The zero-order chi connectivity index (χ0) is 17.4. The normalized spacial score (nSPS) is 11.1. The van der Waals surface area contributed by atoms with Crippen molar-refractivity contribution >= 4 is 34.2 Å². The van der Waals surface area contributed by atoms with Gasteiger partial charge in [0.05, 0.1) is 29.6 Å². The predicted octanol–water partition coefficient (Wildman–Crippen LogP) is 3.34. The van der Waals surface area contributed by atoms with Crippen LogP contribution in [0.1, 0.15) is 21.6 Å². The lowest BCUT2D eigenvalue weighted by Gasteiger charge is -2.13. The highest BCUT2D eigenvalue weighted by atomic mass is 127. The second kappa shape index (κ2) is 6.11. The van der Waals surface area contributed by atoms with Crippen LogP contribution in [0.25, 0.3) is 5.69 Å². The Morgan fingerprint density at radius 2 is 2.09 bits per heavy atom.